The number of fused-ring (bicyclic) bond motifs is 7. The predicted octanol–water partition coefficient (Wildman–Crippen LogP) is 5.29. The van der Waals surface area contributed by atoms with E-state index in [1.54, 1.807) is 0 Å². The molecule has 0 heterocycles. The number of rotatable bonds is 1. The molecule has 134 valence electrons. The van der Waals surface area contributed by atoms with Crippen LogP contribution in [0.5, 0.6) is 0 Å². The van der Waals surface area contributed by atoms with Crippen LogP contribution < -0.4 is 10.4 Å². The van der Waals surface area contributed by atoms with Crippen LogP contribution >= 0.6 is 0 Å². The van der Waals surface area contributed by atoms with E-state index in [0.717, 1.165) is 6.42 Å². The average molecular weight is 366 g/mol. The predicted molar refractivity (Wildman–Crippen MR) is 121 cm³/mol. The summed E-state index contributed by atoms with van der Waals surface area (Å²) in [5.74, 6) is 0. The molecule has 3 aliphatic rings. The highest BCUT2D eigenvalue weighted by Crippen LogP contribution is 2.41. The van der Waals surface area contributed by atoms with Crippen LogP contribution in [0.15, 0.2) is 84.9 Å². The van der Waals surface area contributed by atoms with Gasteiger partial charge in [0.25, 0.3) is 0 Å². The third-order valence-corrected chi connectivity index (χ3v) is 6.64. The molecular formula is C29H18. The van der Waals surface area contributed by atoms with E-state index in [9.17, 15) is 0 Å². The Morgan fingerprint density at radius 1 is 0.517 bits per heavy atom. The molecule has 4 aromatic rings. The molecular weight excluding hydrogens is 348 g/mol. The second kappa shape index (κ2) is 5.46. The van der Waals surface area contributed by atoms with Gasteiger partial charge in [-0.05, 0) is 90.7 Å². The van der Waals surface area contributed by atoms with Crippen molar-refractivity contribution >= 4 is 17.7 Å². The van der Waals surface area contributed by atoms with Crippen molar-refractivity contribution in [1.29, 1.82) is 0 Å². The van der Waals surface area contributed by atoms with Gasteiger partial charge in [-0.3, -0.25) is 0 Å². The fourth-order valence-corrected chi connectivity index (χ4v) is 5.30. The lowest BCUT2D eigenvalue weighted by Gasteiger charge is -2.12. The molecule has 0 heteroatoms. The second-order valence-electron chi connectivity index (χ2n) is 8.17. The maximum absolute atomic E-state index is 2.39. The first-order valence-corrected chi connectivity index (χ1v) is 10.2. The molecule has 0 saturated carbocycles. The lowest BCUT2D eigenvalue weighted by atomic mass is 9.91. The van der Waals surface area contributed by atoms with E-state index in [-0.39, 0.29) is 0 Å². The van der Waals surface area contributed by atoms with Gasteiger partial charge in [-0.15, -0.1) is 0 Å². The van der Waals surface area contributed by atoms with Crippen molar-refractivity contribution in [3.63, 3.8) is 0 Å². The summed E-state index contributed by atoms with van der Waals surface area (Å²) in [6.07, 6.45) is 7.95. The molecule has 0 aromatic heterocycles. The van der Waals surface area contributed by atoms with Gasteiger partial charge in [0.05, 0.1) is 0 Å². The van der Waals surface area contributed by atoms with Gasteiger partial charge in [0.1, 0.15) is 0 Å². The summed E-state index contributed by atoms with van der Waals surface area (Å²) in [5, 5.41) is 2.67. The van der Waals surface area contributed by atoms with E-state index in [4.69, 9.17) is 0 Å². The maximum Gasteiger partial charge on any atom is -0.000728 e. The van der Waals surface area contributed by atoms with Crippen LogP contribution in [0.2, 0.25) is 0 Å². The zero-order chi connectivity index (χ0) is 18.9. The molecule has 0 nitrogen and oxygen atoms in total. The third-order valence-electron chi connectivity index (χ3n) is 6.64. The number of benzene rings is 4. The Hall–Kier alpha value is -3.64. The van der Waals surface area contributed by atoms with Crippen LogP contribution in [0.4, 0.5) is 0 Å². The highest BCUT2D eigenvalue weighted by molar-refractivity contribution is 5.94. The van der Waals surface area contributed by atoms with E-state index in [1.807, 2.05) is 0 Å². The molecule has 3 aliphatic carbocycles. The van der Waals surface area contributed by atoms with Crippen molar-refractivity contribution < 1.29 is 0 Å². The van der Waals surface area contributed by atoms with Gasteiger partial charge < -0.3 is 0 Å². The summed E-state index contributed by atoms with van der Waals surface area (Å²) in [7, 11) is 0. The van der Waals surface area contributed by atoms with Crippen LogP contribution in [-0.2, 0) is 6.42 Å². The highest BCUT2D eigenvalue weighted by Gasteiger charge is 2.24. The summed E-state index contributed by atoms with van der Waals surface area (Å²) in [5.41, 5.74) is 13.8. The van der Waals surface area contributed by atoms with Gasteiger partial charge in [0.15, 0.2) is 0 Å². The summed E-state index contributed by atoms with van der Waals surface area (Å²) < 4.78 is 0. The largest absolute Gasteiger partial charge is 0.0619 e. The molecule has 0 unspecified atom stereocenters. The first-order chi connectivity index (χ1) is 14.4. The standard InChI is InChI=1S/C29H18/c1-4-9-23-18(6-1)14-21-17-27-20(15-28(21)23)12-13-26(27)25-11-5-10-24-22-8-3-2-7-19(22)16-29(24)25/h1-15,17H,16H2. The third kappa shape index (κ3) is 2.04. The Balaban J connectivity index is 1.41. The van der Waals surface area contributed by atoms with Gasteiger partial charge in [-0.2, -0.15) is 0 Å². The van der Waals surface area contributed by atoms with Crippen molar-refractivity contribution in [2.24, 2.45) is 0 Å². The molecule has 0 fully saturated rings. The first kappa shape index (κ1) is 15.3. The van der Waals surface area contributed by atoms with Crippen molar-refractivity contribution in [2.75, 3.05) is 0 Å². The van der Waals surface area contributed by atoms with Gasteiger partial charge in [0, 0.05) is 0 Å². The monoisotopic (exact) mass is 366 g/mol. The molecule has 0 bridgehead atoms. The van der Waals surface area contributed by atoms with E-state index in [1.165, 1.54) is 66.1 Å². The zero-order valence-corrected chi connectivity index (χ0v) is 15.9. The summed E-state index contributed by atoms with van der Waals surface area (Å²) in [6, 6.07) is 29.1. The Labute approximate surface area is 169 Å². The van der Waals surface area contributed by atoms with Crippen LogP contribution in [-0.4, -0.2) is 0 Å². The fourth-order valence-electron chi connectivity index (χ4n) is 5.30. The van der Waals surface area contributed by atoms with E-state index in [2.05, 4.69) is 97.1 Å². The zero-order valence-electron chi connectivity index (χ0n) is 15.9. The number of hydrogen-bond acceptors (Lipinski definition) is 0. The molecule has 29 heavy (non-hydrogen) atoms. The Bertz CT molecular complexity index is 1510. The van der Waals surface area contributed by atoms with Crippen LogP contribution in [0.1, 0.15) is 27.8 Å². The molecule has 4 aromatic carbocycles. The lowest BCUT2D eigenvalue weighted by Crippen LogP contribution is -2.14. The molecule has 0 radical (unpaired) electrons. The number of hydrogen-bond donors (Lipinski definition) is 0. The van der Waals surface area contributed by atoms with Crippen molar-refractivity contribution in [3.8, 4) is 22.3 Å². The molecule has 0 aliphatic heterocycles. The van der Waals surface area contributed by atoms with Gasteiger partial charge in [-0.25, -0.2) is 0 Å². The minimum atomic E-state index is 1.02. The molecule has 0 atom stereocenters. The van der Waals surface area contributed by atoms with E-state index < -0.39 is 0 Å². The average Bonchev–Trinajstić information content (AvgIpc) is 3.44. The minimum absolute atomic E-state index is 1.02. The molecule has 0 spiro atoms. The topological polar surface area (TPSA) is 0 Å². The summed E-state index contributed by atoms with van der Waals surface area (Å²) in [4.78, 5) is 0. The Morgan fingerprint density at radius 2 is 1.28 bits per heavy atom. The van der Waals surface area contributed by atoms with Crippen molar-refractivity contribution in [1.82, 2.24) is 0 Å². The maximum atomic E-state index is 2.39. The van der Waals surface area contributed by atoms with Gasteiger partial charge in [0.2, 0.25) is 0 Å². The highest BCUT2D eigenvalue weighted by atomic mass is 14.3. The van der Waals surface area contributed by atoms with E-state index in [0.29, 0.717) is 0 Å². The molecule has 0 amide bonds. The number of allylic oxidation sites excluding steroid dienone is 1. The van der Waals surface area contributed by atoms with Crippen molar-refractivity contribution in [2.45, 2.75) is 6.42 Å². The SMILES string of the molecule is C1=C(c2cccc3c2Cc2ccccc2-3)c2cc3c(cc2=C1)-c1ccccc1C=3. The van der Waals surface area contributed by atoms with Gasteiger partial charge in [-0.1, -0.05) is 78.9 Å². The van der Waals surface area contributed by atoms with Crippen LogP contribution in [0.25, 0.3) is 40.0 Å². The summed E-state index contributed by atoms with van der Waals surface area (Å²) >= 11 is 0. The quantitative estimate of drug-likeness (QED) is 0.371. The van der Waals surface area contributed by atoms with E-state index >= 15 is 0 Å². The normalized spacial score (nSPS) is 14.1. The molecule has 7 rings (SSSR count). The van der Waals surface area contributed by atoms with Crippen LogP contribution in [0.3, 0.4) is 0 Å². The van der Waals surface area contributed by atoms with Crippen LogP contribution in [0, 0.1) is 0 Å². The van der Waals surface area contributed by atoms with Crippen molar-refractivity contribution in [3.05, 3.63) is 123 Å². The van der Waals surface area contributed by atoms with Gasteiger partial charge >= 0.3 is 0 Å². The Kier molecular flexibility index (Phi) is 2.88. The summed E-state index contributed by atoms with van der Waals surface area (Å²) in [6.45, 7) is 0. The fraction of sp³-hybridized carbons (Fsp3) is 0.0345. The minimum Gasteiger partial charge on any atom is -0.0619 e. The Morgan fingerprint density at radius 3 is 2.24 bits per heavy atom. The smallest absolute Gasteiger partial charge is 0.000728 e. The lowest BCUT2D eigenvalue weighted by molar-refractivity contribution is 1.25. The second-order valence-corrected chi connectivity index (χ2v) is 8.17. The molecule has 0 saturated heterocycles. The first-order valence-electron chi connectivity index (χ1n) is 10.2. The molecule has 0 N–H and O–H groups in total.